The summed E-state index contributed by atoms with van der Waals surface area (Å²) < 4.78 is 26.4. The fourth-order valence-electron chi connectivity index (χ4n) is 4.03. The molecule has 37 heavy (non-hydrogen) atoms. The van der Waals surface area contributed by atoms with Crippen LogP contribution in [-0.2, 0) is 26.2 Å². The molecule has 0 saturated carbocycles. The predicted octanol–water partition coefficient (Wildman–Crippen LogP) is 5.23. The summed E-state index contributed by atoms with van der Waals surface area (Å²) in [5.41, 5.74) is 3.51. The third-order valence-electron chi connectivity index (χ3n) is 6.58. The second kappa shape index (κ2) is 13.8. The highest BCUT2D eigenvalue weighted by Crippen LogP contribution is 2.23. The van der Waals surface area contributed by atoms with Crippen LogP contribution in [0.2, 0.25) is 5.02 Å². The molecule has 2 atom stereocenters. The van der Waals surface area contributed by atoms with Crippen LogP contribution in [0, 0.1) is 13.8 Å². The van der Waals surface area contributed by atoms with Crippen LogP contribution >= 0.6 is 11.6 Å². The van der Waals surface area contributed by atoms with Crippen molar-refractivity contribution in [2.45, 2.75) is 78.9 Å². The van der Waals surface area contributed by atoms with Crippen molar-refractivity contribution in [3.8, 4) is 0 Å². The highest BCUT2D eigenvalue weighted by molar-refractivity contribution is 7.92. The molecule has 0 aromatic heterocycles. The number of sulfonamides is 1. The van der Waals surface area contributed by atoms with Gasteiger partial charge in [-0.15, -0.1) is 0 Å². The minimum atomic E-state index is -3.54. The van der Waals surface area contributed by atoms with Crippen LogP contribution in [-0.4, -0.2) is 50.0 Å². The fourth-order valence-corrected chi connectivity index (χ4v) is 5.11. The predicted molar refractivity (Wildman–Crippen MR) is 151 cm³/mol. The molecule has 1 N–H and O–H groups in total. The normalized spacial score (nSPS) is 13.1. The van der Waals surface area contributed by atoms with E-state index in [9.17, 15) is 18.0 Å². The lowest BCUT2D eigenvalue weighted by molar-refractivity contribution is -0.141. The van der Waals surface area contributed by atoms with E-state index in [1.807, 2.05) is 58.9 Å². The number of anilines is 1. The molecule has 7 nitrogen and oxygen atoms in total. The molecule has 0 radical (unpaired) electrons. The van der Waals surface area contributed by atoms with Gasteiger partial charge in [-0.05, 0) is 81.0 Å². The molecule has 0 spiro atoms. The van der Waals surface area contributed by atoms with E-state index in [0.29, 0.717) is 23.6 Å². The van der Waals surface area contributed by atoms with E-state index in [2.05, 4.69) is 5.32 Å². The number of rotatable bonds is 13. The number of nitrogens with zero attached hydrogens (tertiary/aromatic N) is 2. The van der Waals surface area contributed by atoms with Crippen LogP contribution < -0.4 is 9.62 Å². The Morgan fingerprint density at radius 2 is 1.65 bits per heavy atom. The van der Waals surface area contributed by atoms with Crippen molar-refractivity contribution in [3.05, 3.63) is 64.2 Å². The SMILES string of the molecule is CC[C@@H](C)NC(=O)[C@@H](CC)N(Cc1ccc(Cl)cc1)C(=O)CCCN(c1ccc(C)c(C)c1)S(C)(=O)=O. The highest BCUT2D eigenvalue weighted by Gasteiger charge is 2.29. The molecular weight excluding hydrogens is 510 g/mol. The molecule has 0 unspecified atom stereocenters. The number of carbonyl (C=O) groups excluding carboxylic acids is 2. The maximum absolute atomic E-state index is 13.5. The number of hydrogen-bond acceptors (Lipinski definition) is 4. The van der Waals surface area contributed by atoms with Crippen LogP contribution in [0.3, 0.4) is 0 Å². The Hall–Kier alpha value is -2.58. The van der Waals surface area contributed by atoms with E-state index < -0.39 is 16.1 Å². The minimum absolute atomic E-state index is 0.00433. The lowest BCUT2D eigenvalue weighted by Gasteiger charge is -2.32. The summed E-state index contributed by atoms with van der Waals surface area (Å²) in [5, 5.41) is 3.59. The fraction of sp³-hybridized carbons (Fsp3) is 0.500. The highest BCUT2D eigenvalue weighted by atomic mass is 35.5. The van der Waals surface area contributed by atoms with Gasteiger partial charge in [0.15, 0.2) is 0 Å². The van der Waals surface area contributed by atoms with Crippen LogP contribution in [0.25, 0.3) is 0 Å². The molecule has 0 heterocycles. The minimum Gasteiger partial charge on any atom is -0.352 e. The molecule has 2 rings (SSSR count). The summed E-state index contributed by atoms with van der Waals surface area (Å²) in [6.45, 7) is 10.1. The molecule has 0 bridgehead atoms. The maximum Gasteiger partial charge on any atom is 0.243 e. The third-order valence-corrected chi connectivity index (χ3v) is 8.03. The van der Waals surface area contributed by atoms with Gasteiger partial charge in [0.25, 0.3) is 0 Å². The van der Waals surface area contributed by atoms with Gasteiger partial charge in [-0.3, -0.25) is 13.9 Å². The van der Waals surface area contributed by atoms with Crippen molar-refractivity contribution in [2.75, 3.05) is 17.1 Å². The number of carbonyl (C=O) groups is 2. The van der Waals surface area contributed by atoms with Crippen molar-refractivity contribution in [3.63, 3.8) is 0 Å². The first-order valence-corrected chi connectivity index (χ1v) is 15.0. The Bertz CT molecular complexity index is 1170. The van der Waals surface area contributed by atoms with Gasteiger partial charge < -0.3 is 10.2 Å². The topological polar surface area (TPSA) is 86.8 Å². The van der Waals surface area contributed by atoms with Gasteiger partial charge in [0.05, 0.1) is 11.9 Å². The molecule has 2 aromatic rings. The Morgan fingerprint density at radius 3 is 2.19 bits per heavy atom. The summed E-state index contributed by atoms with van der Waals surface area (Å²) in [6, 6.07) is 12.1. The molecule has 2 aromatic carbocycles. The van der Waals surface area contributed by atoms with Crippen molar-refractivity contribution in [2.24, 2.45) is 0 Å². The Balaban J connectivity index is 2.23. The van der Waals surface area contributed by atoms with Gasteiger partial charge in [-0.1, -0.05) is 43.6 Å². The zero-order valence-corrected chi connectivity index (χ0v) is 24.3. The third kappa shape index (κ3) is 9.04. The molecular formula is C28H40ClN3O4S. The number of hydrogen-bond donors (Lipinski definition) is 1. The van der Waals surface area contributed by atoms with Gasteiger partial charge in [-0.25, -0.2) is 8.42 Å². The summed E-state index contributed by atoms with van der Waals surface area (Å²) in [4.78, 5) is 28.2. The Morgan fingerprint density at radius 1 is 1.00 bits per heavy atom. The van der Waals surface area contributed by atoms with Gasteiger partial charge in [0, 0.05) is 30.6 Å². The van der Waals surface area contributed by atoms with E-state index in [-0.39, 0.29) is 37.4 Å². The molecule has 0 aliphatic rings. The quantitative estimate of drug-likeness (QED) is 0.371. The lowest BCUT2D eigenvalue weighted by Crippen LogP contribution is -2.50. The summed E-state index contributed by atoms with van der Waals surface area (Å²) >= 11 is 6.03. The first-order chi connectivity index (χ1) is 17.4. The smallest absolute Gasteiger partial charge is 0.243 e. The molecule has 0 aliphatic carbocycles. The second-order valence-electron chi connectivity index (χ2n) is 9.60. The molecule has 0 aliphatic heterocycles. The van der Waals surface area contributed by atoms with Crippen molar-refractivity contribution < 1.29 is 18.0 Å². The summed E-state index contributed by atoms with van der Waals surface area (Å²) in [6.07, 6.45) is 2.84. The number of aryl methyl sites for hydroxylation is 2. The first-order valence-electron chi connectivity index (χ1n) is 12.8. The second-order valence-corrected chi connectivity index (χ2v) is 11.9. The van der Waals surface area contributed by atoms with Crippen molar-refractivity contribution >= 4 is 39.1 Å². The molecule has 204 valence electrons. The van der Waals surface area contributed by atoms with Crippen LogP contribution in [0.4, 0.5) is 5.69 Å². The van der Waals surface area contributed by atoms with Gasteiger partial charge in [0.2, 0.25) is 21.8 Å². The van der Waals surface area contributed by atoms with Gasteiger partial charge in [0.1, 0.15) is 6.04 Å². The van der Waals surface area contributed by atoms with E-state index in [1.54, 1.807) is 23.1 Å². The number of halogens is 1. The van der Waals surface area contributed by atoms with E-state index in [4.69, 9.17) is 11.6 Å². The van der Waals surface area contributed by atoms with Crippen molar-refractivity contribution in [1.29, 1.82) is 0 Å². The zero-order chi connectivity index (χ0) is 27.8. The average molecular weight is 550 g/mol. The number of benzene rings is 2. The Labute approximate surface area is 227 Å². The first kappa shape index (κ1) is 30.6. The number of amides is 2. The molecule has 2 amide bonds. The molecule has 9 heteroatoms. The lowest BCUT2D eigenvalue weighted by atomic mass is 10.1. The van der Waals surface area contributed by atoms with E-state index in [1.165, 1.54) is 10.6 Å². The van der Waals surface area contributed by atoms with Crippen LogP contribution in [0.5, 0.6) is 0 Å². The maximum atomic E-state index is 13.5. The van der Waals surface area contributed by atoms with Gasteiger partial charge >= 0.3 is 0 Å². The van der Waals surface area contributed by atoms with E-state index in [0.717, 1.165) is 23.1 Å². The van der Waals surface area contributed by atoms with Crippen LogP contribution in [0.1, 0.15) is 63.1 Å². The summed E-state index contributed by atoms with van der Waals surface area (Å²) in [7, 11) is -3.54. The summed E-state index contributed by atoms with van der Waals surface area (Å²) in [5.74, 6) is -0.387. The average Bonchev–Trinajstić information content (AvgIpc) is 2.83. The van der Waals surface area contributed by atoms with Crippen molar-refractivity contribution in [1.82, 2.24) is 10.2 Å². The molecule has 0 saturated heterocycles. The van der Waals surface area contributed by atoms with Gasteiger partial charge in [-0.2, -0.15) is 0 Å². The standard InChI is InChI=1S/C28H40ClN3O4S/c1-7-22(5)30-28(34)26(8-2)31(19-23-12-14-24(29)15-13-23)27(33)10-9-17-32(37(6,35)36)25-16-11-20(3)21(4)18-25/h11-16,18,22,26H,7-10,17,19H2,1-6H3,(H,30,34)/t22-,26-/m1/s1. The Kier molecular flexibility index (Phi) is 11.4. The monoisotopic (exact) mass is 549 g/mol. The number of nitrogens with one attached hydrogen (secondary N) is 1. The van der Waals surface area contributed by atoms with Crippen LogP contribution in [0.15, 0.2) is 42.5 Å². The largest absolute Gasteiger partial charge is 0.352 e. The zero-order valence-electron chi connectivity index (χ0n) is 22.8. The van der Waals surface area contributed by atoms with E-state index >= 15 is 0 Å². The molecule has 0 fully saturated rings.